The number of thiazole rings is 1. The summed E-state index contributed by atoms with van der Waals surface area (Å²) in [7, 11) is 1.60. The molecule has 1 amide bonds. The van der Waals surface area contributed by atoms with Crippen LogP contribution >= 0.6 is 34.5 Å². The van der Waals surface area contributed by atoms with Crippen LogP contribution in [0.3, 0.4) is 0 Å². The molecule has 1 aliphatic carbocycles. The molecule has 1 aromatic carbocycles. The van der Waals surface area contributed by atoms with Gasteiger partial charge in [0.1, 0.15) is 4.33 Å². The number of nitrogens with zero attached hydrogens (tertiary/aromatic N) is 2. The molecule has 0 N–H and O–H groups in total. The zero-order valence-corrected chi connectivity index (χ0v) is 14.6. The molecule has 1 heterocycles. The van der Waals surface area contributed by atoms with E-state index in [0.717, 1.165) is 10.2 Å². The van der Waals surface area contributed by atoms with Crippen LogP contribution in [-0.4, -0.2) is 35.5 Å². The minimum Gasteiger partial charge on any atom is -0.383 e. The monoisotopic (exact) mass is 358 g/mol. The third-order valence-electron chi connectivity index (χ3n) is 4.01. The lowest BCUT2D eigenvalue weighted by Gasteiger charge is -2.23. The maximum Gasteiger partial charge on any atom is 0.237 e. The Bertz CT molecular complexity index is 685. The summed E-state index contributed by atoms with van der Waals surface area (Å²) in [6.45, 7) is 2.65. The Morgan fingerprint density at radius 3 is 2.73 bits per heavy atom. The molecule has 0 aliphatic heterocycles. The van der Waals surface area contributed by atoms with E-state index in [1.165, 1.54) is 11.3 Å². The molecule has 1 saturated carbocycles. The van der Waals surface area contributed by atoms with E-state index >= 15 is 0 Å². The SMILES string of the molecule is COCCN(C(=O)C1(C)CC1(Cl)Cl)c1nc2ccccc2s1. The fourth-order valence-electron chi connectivity index (χ4n) is 2.37. The number of ether oxygens (including phenoxy) is 1. The summed E-state index contributed by atoms with van der Waals surface area (Å²) in [5.74, 6) is -0.103. The van der Waals surface area contributed by atoms with Gasteiger partial charge in [0.25, 0.3) is 0 Å². The predicted octanol–water partition coefficient (Wildman–Crippen LogP) is 3.86. The van der Waals surface area contributed by atoms with Crippen molar-refractivity contribution in [2.75, 3.05) is 25.2 Å². The number of para-hydroxylation sites is 1. The Labute approximate surface area is 143 Å². The summed E-state index contributed by atoms with van der Waals surface area (Å²) < 4.78 is 5.16. The van der Waals surface area contributed by atoms with E-state index in [4.69, 9.17) is 27.9 Å². The Morgan fingerprint density at radius 2 is 2.14 bits per heavy atom. The van der Waals surface area contributed by atoms with E-state index < -0.39 is 9.75 Å². The molecule has 1 aliphatic rings. The highest BCUT2D eigenvalue weighted by atomic mass is 35.5. The van der Waals surface area contributed by atoms with E-state index in [0.29, 0.717) is 24.7 Å². The molecule has 4 nitrogen and oxygen atoms in total. The average molecular weight is 359 g/mol. The number of rotatable bonds is 5. The van der Waals surface area contributed by atoms with E-state index in [2.05, 4.69) is 4.98 Å². The highest BCUT2D eigenvalue weighted by molar-refractivity contribution is 7.22. The van der Waals surface area contributed by atoms with Crippen molar-refractivity contribution in [2.45, 2.75) is 17.7 Å². The molecule has 118 valence electrons. The molecule has 2 aromatic rings. The van der Waals surface area contributed by atoms with Crippen LogP contribution in [0.15, 0.2) is 24.3 Å². The van der Waals surface area contributed by atoms with Crippen molar-refractivity contribution >= 4 is 55.8 Å². The van der Waals surface area contributed by atoms with Gasteiger partial charge in [0.05, 0.1) is 28.8 Å². The second-order valence-corrected chi connectivity index (χ2v) is 8.12. The van der Waals surface area contributed by atoms with Crippen LogP contribution in [0.25, 0.3) is 10.2 Å². The van der Waals surface area contributed by atoms with Crippen molar-refractivity contribution in [3.63, 3.8) is 0 Å². The van der Waals surface area contributed by atoms with Crippen molar-refractivity contribution in [3.8, 4) is 0 Å². The molecule has 7 heteroatoms. The first-order chi connectivity index (χ1) is 10.4. The van der Waals surface area contributed by atoms with Gasteiger partial charge in [-0.3, -0.25) is 9.69 Å². The minimum atomic E-state index is -0.994. The lowest BCUT2D eigenvalue weighted by Crippen LogP contribution is -2.40. The Hall–Kier alpha value is -0.880. The minimum absolute atomic E-state index is 0.103. The molecule has 1 aromatic heterocycles. The van der Waals surface area contributed by atoms with Crippen molar-refractivity contribution < 1.29 is 9.53 Å². The zero-order chi connectivity index (χ0) is 16.0. The molecule has 3 rings (SSSR count). The standard InChI is InChI=1S/C15H16Cl2N2O2S/c1-14(9-15(14,16)17)12(20)19(7-8-21-2)13-18-10-5-3-4-6-11(10)22-13/h3-6H,7-9H2,1-2H3. The number of carbonyl (C=O) groups is 1. The summed E-state index contributed by atoms with van der Waals surface area (Å²) in [5, 5.41) is 0.653. The molecule has 22 heavy (non-hydrogen) atoms. The third-order valence-corrected chi connectivity index (χ3v) is 6.17. The lowest BCUT2D eigenvalue weighted by atomic mass is 10.1. The maximum absolute atomic E-state index is 12.9. The van der Waals surface area contributed by atoms with Gasteiger partial charge in [-0.1, -0.05) is 23.5 Å². The van der Waals surface area contributed by atoms with Gasteiger partial charge in [0.15, 0.2) is 5.13 Å². The third kappa shape index (κ3) is 2.60. The predicted molar refractivity (Wildman–Crippen MR) is 91.0 cm³/mol. The fraction of sp³-hybridized carbons (Fsp3) is 0.467. The van der Waals surface area contributed by atoms with Gasteiger partial charge in [-0.05, 0) is 25.5 Å². The molecular weight excluding hydrogens is 343 g/mol. The number of halogens is 2. The Balaban J connectivity index is 1.94. The highest BCUT2D eigenvalue weighted by Crippen LogP contribution is 2.64. The molecule has 1 fully saturated rings. The smallest absolute Gasteiger partial charge is 0.237 e. The van der Waals surface area contributed by atoms with Gasteiger partial charge in [0.2, 0.25) is 5.91 Å². The Morgan fingerprint density at radius 1 is 1.45 bits per heavy atom. The van der Waals surface area contributed by atoms with Crippen LogP contribution in [0.5, 0.6) is 0 Å². The molecule has 0 saturated heterocycles. The lowest BCUT2D eigenvalue weighted by molar-refractivity contribution is -0.123. The molecule has 0 radical (unpaired) electrons. The van der Waals surface area contributed by atoms with E-state index in [1.807, 2.05) is 24.3 Å². The summed E-state index contributed by atoms with van der Waals surface area (Å²) in [4.78, 5) is 19.1. The molecule has 1 atom stereocenters. The van der Waals surface area contributed by atoms with Crippen LogP contribution < -0.4 is 4.90 Å². The number of amides is 1. The number of methoxy groups -OCH3 is 1. The molecule has 0 bridgehead atoms. The molecule has 1 unspecified atom stereocenters. The van der Waals surface area contributed by atoms with Crippen LogP contribution in [0, 0.1) is 5.41 Å². The van der Waals surface area contributed by atoms with Crippen LogP contribution in [0.2, 0.25) is 0 Å². The summed E-state index contributed by atoms with van der Waals surface area (Å²) >= 11 is 13.8. The van der Waals surface area contributed by atoms with Gasteiger partial charge in [0, 0.05) is 7.11 Å². The number of aromatic nitrogens is 1. The zero-order valence-electron chi connectivity index (χ0n) is 12.3. The van der Waals surface area contributed by atoms with Crippen LogP contribution in [-0.2, 0) is 9.53 Å². The number of hydrogen-bond acceptors (Lipinski definition) is 4. The highest BCUT2D eigenvalue weighted by Gasteiger charge is 2.69. The number of benzene rings is 1. The number of fused-ring (bicyclic) bond motifs is 1. The largest absolute Gasteiger partial charge is 0.383 e. The topological polar surface area (TPSA) is 42.4 Å². The van der Waals surface area contributed by atoms with Crippen molar-refractivity contribution in [2.24, 2.45) is 5.41 Å². The second-order valence-electron chi connectivity index (χ2n) is 5.63. The van der Waals surface area contributed by atoms with E-state index in [1.54, 1.807) is 18.9 Å². The van der Waals surface area contributed by atoms with E-state index in [9.17, 15) is 4.79 Å². The normalized spacial score (nSPS) is 22.7. The second kappa shape index (κ2) is 5.64. The summed E-state index contributed by atoms with van der Waals surface area (Å²) in [6.07, 6.45) is 0.455. The van der Waals surface area contributed by atoms with Gasteiger partial charge >= 0.3 is 0 Å². The van der Waals surface area contributed by atoms with Crippen LogP contribution in [0.4, 0.5) is 5.13 Å². The van der Waals surface area contributed by atoms with Crippen LogP contribution in [0.1, 0.15) is 13.3 Å². The first-order valence-corrected chi connectivity index (χ1v) is 8.50. The van der Waals surface area contributed by atoms with Gasteiger partial charge in [-0.15, -0.1) is 23.2 Å². The van der Waals surface area contributed by atoms with Gasteiger partial charge < -0.3 is 4.74 Å². The quantitative estimate of drug-likeness (QED) is 0.762. The maximum atomic E-state index is 12.9. The first-order valence-electron chi connectivity index (χ1n) is 6.93. The fourth-order valence-corrected chi connectivity index (χ4v) is 4.06. The number of alkyl halides is 2. The molecular formula is C15H16Cl2N2O2S. The number of anilines is 1. The Kier molecular flexibility index (Phi) is 4.10. The van der Waals surface area contributed by atoms with Crippen molar-refractivity contribution in [1.82, 2.24) is 4.98 Å². The number of carbonyl (C=O) groups excluding carboxylic acids is 1. The van der Waals surface area contributed by atoms with Gasteiger partial charge in [-0.25, -0.2) is 4.98 Å². The summed E-state index contributed by atoms with van der Waals surface area (Å²) in [6, 6.07) is 7.80. The van der Waals surface area contributed by atoms with Crippen molar-refractivity contribution in [3.05, 3.63) is 24.3 Å². The average Bonchev–Trinajstić information content (AvgIpc) is 2.85. The number of hydrogen-bond donors (Lipinski definition) is 0. The van der Waals surface area contributed by atoms with Crippen molar-refractivity contribution in [1.29, 1.82) is 0 Å². The first kappa shape index (κ1) is 16.0. The van der Waals surface area contributed by atoms with E-state index in [-0.39, 0.29) is 5.91 Å². The molecule has 0 spiro atoms. The summed E-state index contributed by atoms with van der Waals surface area (Å²) in [5.41, 5.74) is 0.114. The van der Waals surface area contributed by atoms with Gasteiger partial charge in [-0.2, -0.15) is 0 Å².